The molecular weight excluding hydrogens is 190 g/mol. The van der Waals surface area contributed by atoms with Crippen LogP contribution in [0.15, 0.2) is 0 Å². The summed E-state index contributed by atoms with van der Waals surface area (Å²) in [5.74, 6) is 1.93. The molecule has 4 nitrogen and oxygen atoms in total. The van der Waals surface area contributed by atoms with Crippen LogP contribution in [0.5, 0.6) is 0 Å². The Morgan fingerprint density at radius 3 is 2.92 bits per heavy atom. The molecule has 1 aliphatic rings. The summed E-state index contributed by atoms with van der Waals surface area (Å²) in [5, 5.41) is 0. The first-order valence-corrected chi connectivity index (χ1v) is 5.70. The lowest BCUT2D eigenvalue weighted by Crippen LogP contribution is -2.45. The fourth-order valence-corrected chi connectivity index (χ4v) is 2.42. The highest BCUT2D eigenvalue weighted by Gasteiger charge is 2.26. The van der Waals surface area contributed by atoms with Crippen molar-refractivity contribution in [3.8, 4) is 12.3 Å². The molecule has 0 aromatic carbocycles. The number of rotatable bonds is 2. The summed E-state index contributed by atoms with van der Waals surface area (Å²) >= 11 is 0. The highest BCUT2D eigenvalue weighted by atomic mass is 32.2. The van der Waals surface area contributed by atoms with Crippen molar-refractivity contribution in [2.75, 3.05) is 25.4 Å². The molecule has 0 aliphatic carbocycles. The molecule has 1 fully saturated rings. The van der Waals surface area contributed by atoms with Gasteiger partial charge in [0, 0.05) is 13.1 Å². The molecule has 0 radical (unpaired) electrons. The molecule has 0 saturated carbocycles. The van der Waals surface area contributed by atoms with E-state index in [4.69, 9.17) is 11.2 Å². The van der Waals surface area contributed by atoms with Crippen molar-refractivity contribution in [3.63, 3.8) is 0 Å². The van der Waals surface area contributed by atoms with Crippen molar-refractivity contribution in [2.45, 2.75) is 13.0 Å². The lowest BCUT2D eigenvalue weighted by Gasteiger charge is -2.29. The topological polar surface area (TPSA) is 46.6 Å². The molecule has 1 unspecified atom stereocenters. The van der Waals surface area contributed by atoms with Gasteiger partial charge in [-0.2, -0.15) is 4.31 Å². The van der Waals surface area contributed by atoms with Crippen molar-refractivity contribution in [2.24, 2.45) is 0 Å². The predicted molar refractivity (Wildman–Crippen MR) is 49.6 cm³/mol. The van der Waals surface area contributed by atoms with Gasteiger partial charge >= 0.3 is 0 Å². The lowest BCUT2D eigenvalue weighted by atomic mass is 10.3. The minimum absolute atomic E-state index is 0.0405. The Balaban J connectivity index is 2.66. The second-order valence-electron chi connectivity index (χ2n) is 3.00. The third-order valence-electron chi connectivity index (χ3n) is 1.86. The van der Waals surface area contributed by atoms with Crippen LogP contribution < -0.4 is 0 Å². The Bertz CT molecular complexity index is 304. The monoisotopic (exact) mass is 203 g/mol. The molecule has 13 heavy (non-hydrogen) atoms. The molecular formula is C8H13NO3S. The van der Waals surface area contributed by atoms with Crippen molar-refractivity contribution < 1.29 is 13.2 Å². The fourth-order valence-electron chi connectivity index (χ4n) is 1.24. The van der Waals surface area contributed by atoms with E-state index in [-0.39, 0.29) is 11.9 Å². The van der Waals surface area contributed by atoms with Crippen molar-refractivity contribution in [1.29, 1.82) is 0 Å². The van der Waals surface area contributed by atoms with E-state index in [0.29, 0.717) is 19.7 Å². The Morgan fingerprint density at radius 2 is 2.38 bits per heavy atom. The molecule has 1 rings (SSSR count). The van der Waals surface area contributed by atoms with Crippen LogP contribution in [0.25, 0.3) is 0 Å². The van der Waals surface area contributed by atoms with Crippen LogP contribution in [0.4, 0.5) is 0 Å². The van der Waals surface area contributed by atoms with Gasteiger partial charge in [-0.3, -0.25) is 0 Å². The van der Waals surface area contributed by atoms with E-state index in [1.165, 1.54) is 4.31 Å². The maximum Gasteiger partial charge on any atom is 0.225 e. The Hall–Kier alpha value is -0.570. The number of nitrogens with zero attached hydrogens (tertiary/aromatic N) is 1. The SMILES string of the molecule is C#CCS(=O)(=O)N1CCOC(C)C1. The van der Waals surface area contributed by atoms with E-state index in [1.807, 2.05) is 6.92 Å². The summed E-state index contributed by atoms with van der Waals surface area (Å²) in [5.41, 5.74) is 0. The van der Waals surface area contributed by atoms with Gasteiger partial charge in [-0.25, -0.2) is 8.42 Å². The van der Waals surface area contributed by atoms with E-state index >= 15 is 0 Å². The van der Waals surface area contributed by atoms with Crippen LogP contribution in [0.3, 0.4) is 0 Å². The number of morpholine rings is 1. The van der Waals surface area contributed by atoms with Crippen LogP contribution in [0, 0.1) is 12.3 Å². The average molecular weight is 203 g/mol. The smallest absolute Gasteiger partial charge is 0.225 e. The largest absolute Gasteiger partial charge is 0.376 e. The molecule has 0 bridgehead atoms. The second kappa shape index (κ2) is 4.09. The Morgan fingerprint density at radius 1 is 1.69 bits per heavy atom. The second-order valence-corrected chi connectivity index (χ2v) is 4.97. The number of ether oxygens (including phenoxy) is 1. The number of hydrogen-bond donors (Lipinski definition) is 0. The minimum atomic E-state index is -3.25. The zero-order chi connectivity index (χ0) is 9.90. The summed E-state index contributed by atoms with van der Waals surface area (Å²) in [6.07, 6.45) is 4.93. The van der Waals surface area contributed by atoms with Gasteiger partial charge in [-0.05, 0) is 6.92 Å². The Labute approximate surface area is 78.9 Å². The van der Waals surface area contributed by atoms with E-state index in [9.17, 15) is 8.42 Å². The highest BCUT2D eigenvalue weighted by molar-refractivity contribution is 7.89. The molecule has 1 heterocycles. The first-order chi connectivity index (χ1) is 6.06. The molecule has 1 atom stereocenters. The average Bonchev–Trinajstić information content (AvgIpc) is 2.04. The standard InChI is InChI=1S/C8H13NO3S/c1-3-6-13(10,11)9-4-5-12-8(2)7-9/h1,8H,4-7H2,2H3. The van der Waals surface area contributed by atoms with E-state index < -0.39 is 10.0 Å². The minimum Gasteiger partial charge on any atom is -0.376 e. The van der Waals surface area contributed by atoms with Gasteiger partial charge in [-0.15, -0.1) is 6.42 Å². The van der Waals surface area contributed by atoms with Gasteiger partial charge in [0.15, 0.2) is 0 Å². The Kier molecular flexibility index (Phi) is 3.31. The van der Waals surface area contributed by atoms with Crippen LogP contribution >= 0.6 is 0 Å². The molecule has 0 aromatic rings. The van der Waals surface area contributed by atoms with Gasteiger partial charge in [0.05, 0.1) is 12.7 Å². The van der Waals surface area contributed by atoms with Crippen LogP contribution in [-0.2, 0) is 14.8 Å². The maximum absolute atomic E-state index is 11.5. The van der Waals surface area contributed by atoms with Gasteiger partial charge in [0.2, 0.25) is 10.0 Å². The zero-order valence-electron chi connectivity index (χ0n) is 7.56. The molecule has 74 valence electrons. The van der Waals surface area contributed by atoms with Gasteiger partial charge < -0.3 is 4.74 Å². The van der Waals surface area contributed by atoms with Crippen molar-refractivity contribution >= 4 is 10.0 Å². The normalized spacial score (nSPS) is 25.4. The first kappa shape index (κ1) is 10.5. The third kappa shape index (κ3) is 2.69. The summed E-state index contributed by atoms with van der Waals surface area (Å²) in [6.45, 7) is 3.11. The molecule has 0 amide bonds. The van der Waals surface area contributed by atoms with Gasteiger partial charge in [-0.1, -0.05) is 5.92 Å². The van der Waals surface area contributed by atoms with Crippen LogP contribution in [0.1, 0.15) is 6.92 Å². The quantitative estimate of drug-likeness (QED) is 0.577. The number of hydrogen-bond acceptors (Lipinski definition) is 3. The molecule has 5 heteroatoms. The summed E-state index contributed by atoms with van der Waals surface area (Å²) in [7, 11) is -3.25. The van der Waals surface area contributed by atoms with Crippen molar-refractivity contribution in [3.05, 3.63) is 0 Å². The maximum atomic E-state index is 11.5. The number of sulfonamides is 1. The van der Waals surface area contributed by atoms with Crippen LogP contribution in [-0.4, -0.2) is 44.3 Å². The molecule has 0 N–H and O–H groups in total. The van der Waals surface area contributed by atoms with Crippen molar-refractivity contribution in [1.82, 2.24) is 4.31 Å². The highest BCUT2D eigenvalue weighted by Crippen LogP contribution is 2.09. The third-order valence-corrected chi connectivity index (χ3v) is 3.51. The molecule has 0 spiro atoms. The van der Waals surface area contributed by atoms with Crippen LogP contribution in [0.2, 0.25) is 0 Å². The van der Waals surface area contributed by atoms with E-state index in [0.717, 1.165) is 0 Å². The van der Waals surface area contributed by atoms with Gasteiger partial charge in [0.1, 0.15) is 5.75 Å². The molecule has 1 saturated heterocycles. The summed E-state index contributed by atoms with van der Waals surface area (Å²) in [4.78, 5) is 0. The summed E-state index contributed by atoms with van der Waals surface area (Å²) in [6, 6.07) is 0. The first-order valence-electron chi connectivity index (χ1n) is 4.09. The van der Waals surface area contributed by atoms with E-state index in [2.05, 4.69) is 5.92 Å². The lowest BCUT2D eigenvalue weighted by molar-refractivity contribution is 0.0103. The fraction of sp³-hybridized carbons (Fsp3) is 0.750. The molecule has 1 aliphatic heterocycles. The zero-order valence-corrected chi connectivity index (χ0v) is 8.38. The van der Waals surface area contributed by atoms with E-state index in [1.54, 1.807) is 0 Å². The predicted octanol–water partition coefficient (Wildman–Crippen LogP) is -0.330. The molecule has 0 aromatic heterocycles. The summed E-state index contributed by atoms with van der Waals surface area (Å²) < 4.78 is 29.5. The van der Waals surface area contributed by atoms with Gasteiger partial charge in [0.25, 0.3) is 0 Å². The number of terminal acetylenes is 1.